The molecule has 8 heteroatoms. The molecule has 2 fully saturated rings. The average molecular weight is 377 g/mol. The van der Waals surface area contributed by atoms with E-state index in [2.05, 4.69) is 4.90 Å². The van der Waals surface area contributed by atoms with E-state index in [0.717, 1.165) is 5.69 Å². The third kappa shape index (κ3) is 5.33. The highest BCUT2D eigenvalue weighted by molar-refractivity contribution is 5.89. The van der Waals surface area contributed by atoms with E-state index in [0.29, 0.717) is 31.9 Å². The number of ether oxygens (including phenoxy) is 3. The van der Waals surface area contributed by atoms with Crippen LogP contribution in [0.4, 0.5) is 16.2 Å². The third-order valence-corrected chi connectivity index (χ3v) is 4.32. The lowest BCUT2D eigenvalue weighted by Gasteiger charge is -2.39. The van der Waals surface area contributed by atoms with Gasteiger partial charge >= 0.3 is 12.1 Å². The molecule has 0 saturated carbocycles. The van der Waals surface area contributed by atoms with Crippen molar-refractivity contribution in [3.63, 3.8) is 0 Å². The van der Waals surface area contributed by atoms with E-state index in [4.69, 9.17) is 19.9 Å². The Kier molecular flexibility index (Phi) is 5.57. The van der Waals surface area contributed by atoms with Crippen LogP contribution >= 0.6 is 0 Å². The zero-order valence-electron chi connectivity index (χ0n) is 16.0. The Balaban J connectivity index is 1.37. The van der Waals surface area contributed by atoms with Crippen LogP contribution in [-0.4, -0.2) is 67.6 Å². The quantitative estimate of drug-likeness (QED) is 0.595. The number of nitrogens with two attached hydrogens (primary N) is 1. The van der Waals surface area contributed by atoms with E-state index >= 15 is 0 Å². The molecule has 0 spiro atoms. The van der Waals surface area contributed by atoms with Crippen LogP contribution in [0.2, 0.25) is 0 Å². The molecule has 1 unspecified atom stereocenters. The summed E-state index contributed by atoms with van der Waals surface area (Å²) in [6.45, 7) is 7.99. The molecule has 1 aromatic carbocycles. The highest BCUT2D eigenvalue weighted by Crippen LogP contribution is 2.24. The second kappa shape index (κ2) is 7.74. The number of amides is 1. The standard InChI is InChI=1S/C19H27N3O5/c1-19(2,3)27-17(23)12-25-15-8-21(9-15)10-16-11-22(18(24)26-16)14-6-4-13(20)5-7-14/h4-7,15-16H,8-12,20H2,1-3H3. The summed E-state index contributed by atoms with van der Waals surface area (Å²) >= 11 is 0. The summed E-state index contributed by atoms with van der Waals surface area (Å²) in [5, 5.41) is 0. The van der Waals surface area contributed by atoms with Gasteiger partial charge in [-0.1, -0.05) is 0 Å². The molecule has 27 heavy (non-hydrogen) atoms. The van der Waals surface area contributed by atoms with Gasteiger partial charge in [-0.25, -0.2) is 9.59 Å². The van der Waals surface area contributed by atoms with Crippen LogP contribution in [0.5, 0.6) is 0 Å². The van der Waals surface area contributed by atoms with E-state index in [1.165, 1.54) is 0 Å². The summed E-state index contributed by atoms with van der Waals surface area (Å²) in [6, 6.07) is 7.14. The molecule has 2 aliphatic rings. The first-order valence-corrected chi connectivity index (χ1v) is 9.09. The fourth-order valence-corrected chi connectivity index (χ4v) is 3.10. The number of likely N-dealkylation sites (tertiary alicyclic amines) is 1. The molecular formula is C19H27N3O5. The third-order valence-electron chi connectivity index (χ3n) is 4.32. The number of anilines is 2. The van der Waals surface area contributed by atoms with Gasteiger partial charge in [0.25, 0.3) is 0 Å². The second-order valence-corrected chi connectivity index (χ2v) is 7.95. The lowest BCUT2D eigenvalue weighted by atomic mass is 10.1. The van der Waals surface area contributed by atoms with Crippen molar-refractivity contribution in [2.75, 3.05) is 43.4 Å². The fraction of sp³-hybridized carbons (Fsp3) is 0.579. The minimum atomic E-state index is -0.505. The van der Waals surface area contributed by atoms with Crippen molar-refractivity contribution >= 4 is 23.4 Å². The molecule has 0 bridgehead atoms. The maximum absolute atomic E-state index is 12.1. The monoisotopic (exact) mass is 377 g/mol. The minimum absolute atomic E-state index is 0.00262. The summed E-state index contributed by atoms with van der Waals surface area (Å²) in [5.74, 6) is -0.357. The Bertz CT molecular complexity index is 680. The number of nitrogen functional groups attached to an aromatic ring is 1. The molecule has 2 heterocycles. The van der Waals surface area contributed by atoms with Crippen molar-refractivity contribution in [3.8, 4) is 0 Å². The Morgan fingerprint density at radius 3 is 2.52 bits per heavy atom. The van der Waals surface area contributed by atoms with Crippen LogP contribution in [0, 0.1) is 0 Å². The summed E-state index contributed by atoms with van der Waals surface area (Å²) in [6.07, 6.45) is -0.535. The zero-order chi connectivity index (χ0) is 19.6. The maximum atomic E-state index is 12.1. The van der Waals surface area contributed by atoms with Crippen LogP contribution in [0.1, 0.15) is 20.8 Å². The SMILES string of the molecule is CC(C)(C)OC(=O)COC1CN(CC2CN(c3ccc(N)cc3)C(=O)O2)C1. The summed E-state index contributed by atoms with van der Waals surface area (Å²) in [5.41, 5.74) is 6.61. The molecule has 2 saturated heterocycles. The van der Waals surface area contributed by atoms with Gasteiger partial charge in [0.15, 0.2) is 0 Å². The van der Waals surface area contributed by atoms with Gasteiger partial charge in [0.1, 0.15) is 18.3 Å². The van der Waals surface area contributed by atoms with E-state index < -0.39 is 5.60 Å². The van der Waals surface area contributed by atoms with Gasteiger partial charge in [-0.05, 0) is 45.0 Å². The number of hydrogen-bond donors (Lipinski definition) is 1. The molecule has 2 N–H and O–H groups in total. The molecule has 3 rings (SSSR count). The van der Waals surface area contributed by atoms with Gasteiger partial charge < -0.3 is 19.9 Å². The molecule has 0 radical (unpaired) electrons. The number of cyclic esters (lactones) is 1. The zero-order valence-corrected chi connectivity index (χ0v) is 16.0. The number of carbonyl (C=O) groups excluding carboxylic acids is 2. The summed E-state index contributed by atoms with van der Waals surface area (Å²) in [7, 11) is 0. The van der Waals surface area contributed by atoms with E-state index in [1.807, 2.05) is 32.9 Å². The summed E-state index contributed by atoms with van der Waals surface area (Å²) in [4.78, 5) is 27.5. The van der Waals surface area contributed by atoms with Crippen LogP contribution in [0.3, 0.4) is 0 Å². The molecular weight excluding hydrogens is 350 g/mol. The second-order valence-electron chi connectivity index (χ2n) is 7.95. The number of esters is 1. The molecule has 1 aromatic rings. The van der Waals surface area contributed by atoms with Gasteiger partial charge in [0, 0.05) is 31.0 Å². The molecule has 0 aromatic heterocycles. The van der Waals surface area contributed by atoms with E-state index in [-0.39, 0.29) is 30.9 Å². The predicted octanol–water partition coefficient (Wildman–Crippen LogP) is 1.64. The van der Waals surface area contributed by atoms with E-state index in [1.54, 1.807) is 17.0 Å². The van der Waals surface area contributed by atoms with Gasteiger partial charge in [0.2, 0.25) is 0 Å². The fourth-order valence-electron chi connectivity index (χ4n) is 3.10. The Hall–Kier alpha value is -2.32. The number of carbonyl (C=O) groups is 2. The first-order valence-electron chi connectivity index (χ1n) is 9.09. The summed E-state index contributed by atoms with van der Waals surface area (Å²) < 4.78 is 16.2. The van der Waals surface area contributed by atoms with Crippen LogP contribution in [-0.2, 0) is 19.0 Å². The molecule has 148 valence electrons. The van der Waals surface area contributed by atoms with Gasteiger partial charge in [-0.3, -0.25) is 9.80 Å². The highest BCUT2D eigenvalue weighted by Gasteiger charge is 2.37. The van der Waals surface area contributed by atoms with Crippen molar-refractivity contribution in [2.24, 2.45) is 0 Å². The van der Waals surface area contributed by atoms with Crippen molar-refractivity contribution < 1.29 is 23.8 Å². The first-order chi connectivity index (χ1) is 12.7. The van der Waals surface area contributed by atoms with Crippen molar-refractivity contribution in [1.29, 1.82) is 0 Å². The van der Waals surface area contributed by atoms with Gasteiger partial charge in [-0.2, -0.15) is 0 Å². The van der Waals surface area contributed by atoms with Crippen molar-refractivity contribution in [1.82, 2.24) is 4.90 Å². The molecule has 0 aliphatic carbocycles. The molecule has 1 amide bonds. The Morgan fingerprint density at radius 1 is 1.22 bits per heavy atom. The topological polar surface area (TPSA) is 94.3 Å². The predicted molar refractivity (Wildman–Crippen MR) is 100 cm³/mol. The van der Waals surface area contributed by atoms with Crippen LogP contribution in [0.15, 0.2) is 24.3 Å². The Labute approximate surface area is 159 Å². The maximum Gasteiger partial charge on any atom is 0.414 e. The molecule has 2 aliphatic heterocycles. The molecule has 1 atom stereocenters. The van der Waals surface area contributed by atoms with Crippen molar-refractivity contribution in [2.45, 2.75) is 38.6 Å². The number of hydrogen-bond acceptors (Lipinski definition) is 7. The van der Waals surface area contributed by atoms with Gasteiger partial charge in [0.05, 0.1) is 12.6 Å². The van der Waals surface area contributed by atoms with E-state index in [9.17, 15) is 9.59 Å². The Morgan fingerprint density at radius 2 is 1.89 bits per heavy atom. The highest BCUT2D eigenvalue weighted by atomic mass is 16.6. The first kappa shape index (κ1) is 19.4. The van der Waals surface area contributed by atoms with Gasteiger partial charge in [-0.15, -0.1) is 0 Å². The average Bonchev–Trinajstić information content (AvgIpc) is 2.89. The smallest absolute Gasteiger partial charge is 0.414 e. The van der Waals surface area contributed by atoms with Crippen molar-refractivity contribution in [3.05, 3.63) is 24.3 Å². The molecule has 8 nitrogen and oxygen atoms in total. The lowest BCUT2D eigenvalue weighted by Crippen LogP contribution is -2.55. The number of rotatable bonds is 6. The minimum Gasteiger partial charge on any atom is -0.458 e. The number of nitrogens with zero attached hydrogens (tertiary/aromatic N) is 2. The largest absolute Gasteiger partial charge is 0.458 e. The lowest BCUT2D eigenvalue weighted by molar-refractivity contribution is -0.166. The normalized spacial score (nSPS) is 21.1. The van der Waals surface area contributed by atoms with Crippen LogP contribution < -0.4 is 10.6 Å². The van der Waals surface area contributed by atoms with Crippen LogP contribution in [0.25, 0.3) is 0 Å². The number of benzene rings is 1.